The first-order valence-corrected chi connectivity index (χ1v) is 7.85. The Kier molecular flexibility index (Phi) is 4.22. The Labute approximate surface area is 137 Å². The van der Waals surface area contributed by atoms with Gasteiger partial charge in [-0.25, -0.2) is 0 Å². The summed E-state index contributed by atoms with van der Waals surface area (Å²) in [4.78, 5) is 16.9. The van der Waals surface area contributed by atoms with E-state index >= 15 is 0 Å². The van der Waals surface area contributed by atoms with Gasteiger partial charge in [-0.2, -0.15) is 10.3 Å². The van der Waals surface area contributed by atoms with Crippen LogP contribution in [0.1, 0.15) is 5.56 Å². The van der Waals surface area contributed by atoms with Crippen LogP contribution in [0.25, 0.3) is 10.2 Å². The molecule has 1 amide bonds. The van der Waals surface area contributed by atoms with E-state index in [9.17, 15) is 4.79 Å². The second-order valence-electron chi connectivity index (χ2n) is 4.96. The number of rotatable bonds is 3. The average molecular weight is 322 g/mol. The fraction of sp³-hybridized carbons (Fsp3) is 0.118. The van der Waals surface area contributed by atoms with Crippen LogP contribution in [0.2, 0.25) is 0 Å². The number of benzene rings is 2. The molecule has 0 saturated heterocycles. The normalized spacial score (nSPS) is 11.4. The van der Waals surface area contributed by atoms with Gasteiger partial charge in [-0.3, -0.25) is 4.79 Å². The predicted molar refractivity (Wildman–Crippen MR) is 91.0 cm³/mol. The highest BCUT2D eigenvalue weighted by molar-refractivity contribution is 7.16. The van der Waals surface area contributed by atoms with Gasteiger partial charge in [0.05, 0.1) is 28.4 Å². The molecular formula is C17H14N4OS. The summed E-state index contributed by atoms with van der Waals surface area (Å²) >= 11 is 1.49. The maximum Gasteiger partial charge on any atom is 0.267 e. The second kappa shape index (κ2) is 6.46. The lowest BCUT2D eigenvalue weighted by molar-refractivity contribution is -0.116. The summed E-state index contributed by atoms with van der Waals surface area (Å²) in [7, 11) is 1.90. The predicted octanol–water partition coefficient (Wildman–Crippen LogP) is 2.65. The fourth-order valence-electron chi connectivity index (χ4n) is 2.17. The number of aryl methyl sites for hydroxylation is 1. The van der Waals surface area contributed by atoms with Crippen molar-refractivity contribution in [2.24, 2.45) is 12.0 Å². The summed E-state index contributed by atoms with van der Waals surface area (Å²) in [6.07, 6.45) is 0. The number of hydrogen-bond donors (Lipinski definition) is 1. The maximum absolute atomic E-state index is 12.0. The van der Waals surface area contributed by atoms with Gasteiger partial charge in [-0.05, 0) is 36.4 Å². The molecule has 1 aromatic heterocycles. The van der Waals surface area contributed by atoms with E-state index in [0.29, 0.717) is 10.4 Å². The fourth-order valence-corrected chi connectivity index (χ4v) is 3.21. The molecule has 0 saturated carbocycles. The molecule has 3 rings (SSSR count). The summed E-state index contributed by atoms with van der Waals surface area (Å²) in [6, 6.07) is 17.0. The third kappa shape index (κ3) is 3.30. The number of nitrogens with one attached hydrogen (secondary N) is 1. The summed E-state index contributed by atoms with van der Waals surface area (Å²) < 4.78 is 3.01. The minimum Gasteiger partial charge on any atom is -0.376 e. The van der Waals surface area contributed by atoms with E-state index in [1.54, 1.807) is 24.3 Å². The van der Waals surface area contributed by atoms with Crippen LogP contribution < -0.4 is 10.1 Å². The highest BCUT2D eigenvalue weighted by Crippen LogP contribution is 2.15. The van der Waals surface area contributed by atoms with Gasteiger partial charge < -0.3 is 9.88 Å². The van der Waals surface area contributed by atoms with E-state index in [-0.39, 0.29) is 12.5 Å². The van der Waals surface area contributed by atoms with Gasteiger partial charge in [0.1, 0.15) is 0 Å². The number of fused-ring (bicyclic) bond motifs is 1. The molecule has 23 heavy (non-hydrogen) atoms. The topological polar surface area (TPSA) is 70.2 Å². The lowest BCUT2D eigenvalue weighted by Gasteiger charge is -2.02. The van der Waals surface area contributed by atoms with E-state index in [1.807, 2.05) is 35.9 Å². The Morgan fingerprint density at radius 3 is 2.70 bits per heavy atom. The molecule has 114 valence electrons. The van der Waals surface area contributed by atoms with Crippen LogP contribution in [0.5, 0.6) is 0 Å². The van der Waals surface area contributed by atoms with Crippen molar-refractivity contribution in [2.45, 2.75) is 0 Å². The van der Waals surface area contributed by atoms with Crippen molar-refractivity contribution in [1.82, 2.24) is 4.57 Å². The number of carbonyl (C=O) groups excluding carboxylic acids is 1. The van der Waals surface area contributed by atoms with Crippen LogP contribution >= 0.6 is 11.3 Å². The molecule has 0 bridgehead atoms. The second-order valence-corrected chi connectivity index (χ2v) is 5.97. The zero-order valence-corrected chi connectivity index (χ0v) is 13.3. The van der Waals surface area contributed by atoms with Crippen molar-refractivity contribution >= 4 is 33.1 Å². The zero-order valence-electron chi connectivity index (χ0n) is 12.5. The van der Waals surface area contributed by atoms with Crippen LogP contribution in [0.15, 0.2) is 53.5 Å². The average Bonchev–Trinajstić information content (AvgIpc) is 2.90. The molecule has 0 aliphatic carbocycles. The van der Waals surface area contributed by atoms with Gasteiger partial charge >= 0.3 is 0 Å². The summed E-state index contributed by atoms with van der Waals surface area (Å²) in [6.45, 7) is 0.111. The Morgan fingerprint density at radius 2 is 2.00 bits per heavy atom. The standard InChI is InChI=1S/C17H14N4OS/c1-21-14-4-2-3-5-15(14)23-17(21)20-16(22)11-19-13-8-6-12(10-18)7-9-13/h2-9,19H,11H2,1H3. The van der Waals surface area contributed by atoms with Crippen molar-refractivity contribution in [1.29, 1.82) is 5.26 Å². The summed E-state index contributed by atoms with van der Waals surface area (Å²) in [5.41, 5.74) is 2.43. The van der Waals surface area contributed by atoms with Crippen molar-refractivity contribution in [2.75, 3.05) is 11.9 Å². The number of amides is 1. The molecule has 0 unspecified atom stereocenters. The Morgan fingerprint density at radius 1 is 1.26 bits per heavy atom. The molecule has 0 aliphatic rings. The van der Waals surface area contributed by atoms with Gasteiger partial charge in [0.15, 0.2) is 4.80 Å². The maximum atomic E-state index is 12.0. The first kappa shape index (κ1) is 15.0. The smallest absolute Gasteiger partial charge is 0.267 e. The van der Waals surface area contributed by atoms with Gasteiger partial charge in [0.25, 0.3) is 5.91 Å². The van der Waals surface area contributed by atoms with Crippen LogP contribution in [-0.2, 0) is 11.8 Å². The minimum absolute atomic E-state index is 0.111. The first-order valence-electron chi connectivity index (χ1n) is 7.03. The van der Waals surface area contributed by atoms with Crippen LogP contribution in [0.4, 0.5) is 5.69 Å². The number of hydrogen-bond acceptors (Lipinski definition) is 4. The Balaban J connectivity index is 1.75. The molecule has 0 aliphatic heterocycles. The highest BCUT2D eigenvalue weighted by atomic mass is 32.1. The number of nitriles is 1. The molecule has 1 N–H and O–H groups in total. The molecule has 0 atom stereocenters. The molecular weight excluding hydrogens is 308 g/mol. The van der Waals surface area contributed by atoms with Gasteiger partial charge in [-0.1, -0.05) is 23.5 Å². The molecule has 3 aromatic rings. The quantitative estimate of drug-likeness (QED) is 0.806. The number of thiazole rings is 1. The van der Waals surface area contributed by atoms with Crippen molar-refractivity contribution in [3.05, 3.63) is 58.9 Å². The summed E-state index contributed by atoms with van der Waals surface area (Å²) in [5.74, 6) is -0.239. The van der Waals surface area contributed by atoms with E-state index in [2.05, 4.69) is 16.4 Å². The molecule has 0 radical (unpaired) electrons. The third-order valence-corrected chi connectivity index (χ3v) is 4.51. The first-order chi connectivity index (χ1) is 11.2. The lowest BCUT2D eigenvalue weighted by atomic mass is 10.2. The van der Waals surface area contributed by atoms with Crippen LogP contribution in [-0.4, -0.2) is 17.0 Å². The number of aromatic nitrogens is 1. The number of carbonyl (C=O) groups is 1. The van der Waals surface area contributed by atoms with Crippen molar-refractivity contribution in [3.63, 3.8) is 0 Å². The molecule has 2 aromatic carbocycles. The molecule has 0 fully saturated rings. The third-order valence-electron chi connectivity index (χ3n) is 3.39. The number of para-hydroxylation sites is 1. The Hall–Kier alpha value is -2.91. The lowest BCUT2D eigenvalue weighted by Crippen LogP contribution is -2.18. The van der Waals surface area contributed by atoms with Crippen LogP contribution in [0.3, 0.4) is 0 Å². The van der Waals surface area contributed by atoms with Gasteiger partial charge in [-0.15, -0.1) is 0 Å². The highest BCUT2D eigenvalue weighted by Gasteiger charge is 2.04. The van der Waals surface area contributed by atoms with E-state index in [4.69, 9.17) is 5.26 Å². The molecule has 0 spiro atoms. The zero-order chi connectivity index (χ0) is 16.2. The van der Waals surface area contributed by atoms with E-state index in [1.165, 1.54) is 11.3 Å². The van der Waals surface area contributed by atoms with Gasteiger partial charge in [0.2, 0.25) is 0 Å². The van der Waals surface area contributed by atoms with Gasteiger partial charge in [0, 0.05) is 12.7 Å². The number of nitrogens with zero attached hydrogens (tertiary/aromatic N) is 3. The SMILES string of the molecule is Cn1c(=NC(=O)CNc2ccc(C#N)cc2)sc2ccccc21. The van der Waals surface area contributed by atoms with E-state index < -0.39 is 0 Å². The Bertz CT molecular complexity index is 961. The monoisotopic (exact) mass is 322 g/mol. The largest absolute Gasteiger partial charge is 0.376 e. The summed E-state index contributed by atoms with van der Waals surface area (Å²) in [5, 5.41) is 11.8. The molecule has 5 nitrogen and oxygen atoms in total. The van der Waals surface area contributed by atoms with Crippen LogP contribution in [0, 0.1) is 11.3 Å². The molecule has 1 heterocycles. The molecule has 6 heteroatoms. The van der Waals surface area contributed by atoms with Crippen molar-refractivity contribution < 1.29 is 4.79 Å². The van der Waals surface area contributed by atoms with Crippen molar-refractivity contribution in [3.8, 4) is 6.07 Å². The van der Waals surface area contributed by atoms with E-state index in [0.717, 1.165) is 15.9 Å². The number of anilines is 1. The minimum atomic E-state index is -0.239.